The summed E-state index contributed by atoms with van der Waals surface area (Å²) in [6, 6.07) is 0. The molecule has 1 aromatic rings. The minimum absolute atomic E-state index is 0.298. The normalized spacial score (nSPS) is 20.0. The van der Waals surface area contributed by atoms with E-state index < -0.39 is 11.2 Å². The number of aromatic nitrogens is 2. The fraction of sp³-hybridized carbons (Fsp3) is 0.833. The molecule has 2 N–H and O–H groups in total. The van der Waals surface area contributed by atoms with E-state index in [2.05, 4.69) is 15.5 Å². The Morgan fingerprint density at radius 1 is 1.44 bits per heavy atom. The maximum absolute atomic E-state index is 10.5. The van der Waals surface area contributed by atoms with E-state index in [1.807, 2.05) is 20.8 Å². The zero-order valence-corrected chi connectivity index (χ0v) is 11.2. The molecule has 2 rings (SSSR count). The van der Waals surface area contributed by atoms with Gasteiger partial charge in [-0.3, -0.25) is 0 Å². The number of hydrogen-bond donors (Lipinski definition) is 2. The smallest absolute Gasteiger partial charge is 0.258 e. The molecule has 0 spiro atoms. The fourth-order valence-electron chi connectivity index (χ4n) is 2.14. The second-order valence-electron chi connectivity index (χ2n) is 5.15. The molecule has 6 nitrogen and oxygen atoms in total. The third-order valence-electron chi connectivity index (χ3n) is 3.30. The third-order valence-corrected chi connectivity index (χ3v) is 3.30. The van der Waals surface area contributed by atoms with Crippen molar-refractivity contribution < 1.29 is 14.4 Å². The van der Waals surface area contributed by atoms with E-state index in [9.17, 15) is 5.11 Å². The van der Waals surface area contributed by atoms with Crippen molar-refractivity contribution in [2.45, 2.75) is 44.8 Å². The molecule has 0 bridgehead atoms. The van der Waals surface area contributed by atoms with Crippen molar-refractivity contribution in [1.82, 2.24) is 15.5 Å². The minimum atomic E-state index is -1.00. The first kappa shape index (κ1) is 13.5. The van der Waals surface area contributed by atoms with Crippen LogP contribution in [0.4, 0.5) is 0 Å². The van der Waals surface area contributed by atoms with Crippen molar-refractivity contribution in [3.8, 4) is 0 Å². The molecule has 0 unspecified atom stereocenters. The lowest BCUT2D eigenvalue weighted by molar-refractivity contribution is -0.0230. The van der Waals surface area contributed by atoms with Crippen LogP contribution >= 0.6 is 0 Å². The van der Waals surface area contributed by atoms with Gasteiger partial charge in [-0.15, -0.1) is 0 Å². The van der Waals surface area contributed by atoms with Gasteiger partial charge in [-0.25, -0.2) is 0 Å². The van der Waals surface area contributed by atoms with Crippen molar-refractivity contribution in [3.05, 3.63) is 11.7 Å². The van der Waals surface area contributed by atoms with Crippen LogP contribution in [-0.4, -0.2) is 34.9 Å². The van der Waals surface area contributed by atoms with E-state index in [0.29, 0.717) is 31.2 Å². The molecule has 0 saturated carbocycles. The van der Waals surface area contributed by atoms with Gasteiger partial charge in [-0.2, -0.15) is 4.98 Å². The van der Waals surface area contributed by atoms with E-state index in [1.165, 1.54) is 0 Å². The lowest BCUT2D eigenvalue weighted by Gasteiger charge is -2.28. The average Bonchev–Trinajstić information content (AvgIpc) is 2.80. The predicted molar refractivity (Wildman–Crippen MR) is 65.0 cm³/mol. The molecule has 1 aliphatic rings. The van der Waals surface area contributed by atoms with Gasteiger partial charge in [0.2, 0.25) is 5.82 Å². The van der Waals surface area contributed by atoms with Crippen molar-refractivity contribution in [2.24, 2.45) is 0 Å². The Morgan fingerprint density at radius 3 is 2.72 bits per heavy atom. The molecule has 2 heterocycles. The number of piperidine rings is 1. The predicted octanol–water partition coefficient (Wildman–Crippen LogP) is 0.912. The van der Waals surface area contributed by atoms with Gasteiger partial charge in [0.05, 0.1) is 0 Å². The Hall–Kier alpha value is -0.980. The van der Waals surface area contributed by atoms with Crippen molar-refractivity contribution in [3.63, 3.8) is 0 Å². The summed E-state index contributed by atoms with van der Waals surface area (Å²) in [5, 5.41) is 17.6. The summed E-state index contributed by atoms with van der Waals surface area (Å²) in [6.07, 6.45) is 1.17. The summed E-state index contributed by atoms with van der Waals surface area (Å²) in [7, 11) is 0. The topological polar surface area (TPSA) is 80.4 Å². The van der Waals surface area contributed by atoms with Crippen LogP contribution in [0.5, 0.6) is 0 Å². The van der Waals surface area contributed by atoms with E-state index in [4.69, 9.17) is 9.26 Å². The molecule has 18 heavy (non-hydrogen) atoms. The molecule has 0 radical (unpaired) electrons. The van der Waals surface area contributed by atoms with Gasteiger partial charge in [0.1, 0.15) is 11.2 Å². The van der Waals surface area contributed by atoms with E-state index in [-0.39, 0.29) is 0 Å². The van der Waals surface area contributed by atoms with Crippen LogP contribution in [0.25, 0.3) is 0 Å². The summed E-state index contributed by atoms with van der Waals surface area (Å²) in [4.78, 5) is 4.32. The standard InChI is InChI=1S/C12H21N3O3/c1-4-17-11(2,3)9-14-10(18-15-9)12(16)5-7-13-8-6-12/h13,16H,4-8H2,1-3H3. The van der Waals surface area contributed by atoms with Crippen LogP contribution in [0, 0.1) is 0 Å². The monoisotopic (exact) mass is 255 g/mol. The maximum atomic E-state index is 10.5. The minimum Gasteiger partial charge on any atom is -0.380 e. The van der Waals surface area contributed by atoms with Gasteiger partial charge >= 0.3 is 0 Å². The number of nitrogens with zero attached hydrogens (tertiary/aromatic N) is 2. The number of ether oxygens (including phenoxy) is 1. The highest BCUT2D eigenvalue weighted by Gasteiger charge is 2.38. The van der Waals surface area contributed by atoms with Gasteiger partial charge in [0, 0.05) is 6.61 Å². The molecule has 0 aliphatic carbocycles. The molecule has 0 amide bonds. The van der Waals surface area contributed by atoms with Gasteiger partial charge in [0.25, 0.3) is 5.89 Å². The second-order valence-corrected chi connectivity index (χ2v) is 5.15. The molecular formula is C12H21N3O3. The summed E-state index contributed by atoms with van der Waals surface area (Å²) in [5.74, 6) is 0.776. The largest absolute Gasteiger partial charge is 0.380 e. The molecule has 1 saturated heterocycles. The zero-order valence-electron chi connectivity index (χ0n) is 11.2. The molecule has 1 fully saturated rings. The number of hydrogen-bond acceptors (Lipinski definition) is 6. The number of nitrogens with one attached hydrogen (secondary N) is 1. The molecule has 6 heteroatoms. The molecular weight excluding hydrogens is 234 g/mol. The van der Waals surface area contributed by atoms with Crippen LogP contribution in [0.3, 0.4) is 0 Å². The number of rotatable bonds is 4. The molecule has 1 aliphatic heterocycles. The summed E-state index contributed by atoms with van der Waals surface area (Å²) >= 11 is 0. The van der Waals surface area contributed by atoms with Crippen LogP contribution in [0.1, 0.15) is 45.3 Å². The highest BCUT2D eigenvalue weighted by Crippen LogP contribution is 2.31. The average molecular weight is 255 g/mol. The first-order valence-electron chi connectivity index (χ1n) is 6.40. The first-order chi connectivity index (χ1) is 8.48. The molecule has 0 atom stereocenters. The van der Waals surface area contributed by atoms with Crippen LogP contribution in [-0.2, 0) is 15.9 Å². The fourth-order valence-corrected chi connectivity index (χ4v) is 2.14. The van der Waals surface area contributed by atoms with Gasteiger partial charge < -0.3 is 19.7 Å². The first-order valence-corrected chi connectivity index (χ1v) is 6.40. The quantitative estimate of drug-likeness (QED) is 0.832. The van der Waals surface area contributed by atoms with Crippen LogP contribution < -0.4 is 5.32 Å². The number of aliphatic hydroxyl groups is 1. The Balaban J connectivity index is 2.19. The van der Waals surface area contributed by atoms with Crippen molar-refractivity contribution in [1.29, 1.82) is 0 Å². The van der Waals surface area contributed by atoms with Crippen molar-refractivity contribution in [2.75, 3.05) is 19.7 Å². The SMILES string of the molecule is CCOC(C)(C)c1noc(C2(O)CCNCC2)n1. The van der Waals surface area contributed by atoms with Crippen LogP contribution in [0.2, 0.25) is 0 Å². The summed E-state index contributed by atoms with van der Waals surface area (Å²) in [5.41, 5.74) is -1.60. The van der Waals surface area contributed by atoms with E-state index in [1.54, 1.807) is 0 Å². The lowest BCUT2D eigenvalue weighted by Crippen LogP contribution is -2.40. The highest BCUT2D eigenvalue weighted by atomic mass is 16.5. The van der Waals surface area contributed by atoms with Gasteiger partial charge in [0.15, 0.2) is 0 Å². The van der Waals surface area contributed by atoms with E-state index in [0.717, 1.165) is 13.1 Å². The molecule has 0 aromatic carbocycles. The Bertz CT molecular complexity index is 397. The Kier molecular flexibility index (Phi) is 3.70. The van der Waals surface area contributed by atoms with Gasteiger partial charge in [-0.05, 0) is 46.7 Å². The highest BCUT2D eigenvalue weighted by molar-refractivity contribution is 5.05. The second kappa shape index (κ2) is 4.95. The Labute approximate surface area is 107 Å². The Morgan fingerprint density at radius 2 is 2.11 bits per heavy atom. The van der Waals surface area contributed by atoms with Crippen molar-refractivity contribution >= 4 is 0 Å². The summed E-state index contributed by atoms with van der Waals surface area (Å²) < 4.78 is 10.8. The molecule has 102 valence electrons. The zero-order chi connectivity index (χ0) is 13.2. The third kappa shape index (κ3) is 2.55. The molecule has 1 aromatic heterocycles. The van der Waals surface area contributed by atoms with Crippen LogP contribution in [0.15, 0.2) is 4.52 Å². The van der Waals surface area contributed by atoms with E-state index >= 15 is 0 Å². The summed E-state index contributed by atoms with van der Waals surface area (Å²) in [6.45, 7) is 7.77. The lowest BCUT2D eigenvalue weighted by atomic mass is 9.92. The van der Waals surface area contributed by atoms with Gasteiger partial charge in [-0.1, -0.05) is 5.16 Å². The maximum Gasteiger partial charge on any atom is 0.258 e.